The fraction of sp³-hybridized carbons (Fsp3) is 0.391. The van der Waals surface area contributed by atoms with Gasteiger partial charge in [-0.1, -0.05) is 30.7 Å². The molecule has 2 aromatic carbocycles. The van der Waals surface area contributed by atoms with Crippen LogP contribution >= 0.6 is 0 Å². The molecular formula is C23H27F3N2O. The van der Waals surface area contributed by atoms with Crippen LogP contribution in [-0.2, 0) is 0 Å². The summed E-state index contributed by atoms with van der Waals surface area (Å²) in [6.45, 7) is 8.16. The maximum Gasteiger partial charge on any atom is 0.573 e. The summed E-state index contributed by atoms with van der Waals surface area (Å²) in [4.78, 5) is 2.13. The lowest BCUT2D eigenvalue weighted by Gasteiger charge is -2.30. The number of benzene rings is 2. The number of halogens is 3. The fourth-order valence-corrected chi connectivity index (χ4v) is 3.47. The van der Waals surface area contributed by atoms with Gasteiger partial charge in [0, 0.05) is 37.9 Å². The summed E-state index contributed by atoms with van der Waals surface area (Å²) in [6, 6.07) is 10.5. The molecule has 156 valence electrons. The van der Waals surface area contributed by atoms with Crippen LogP contribution < -0.4 is 15.0 Å². The van der Waals surface area contributed by atoms with Crippen molar-refractivity contribution in [1.82, 2.24) is 5.32 Å². The molecule has 6 heteroatoms. The Hall–Kier alpha value is -2.47. The van der Waals surface area contributed by atoms with Crippen LogP contribution in [0.2, 0.25) is 0 Å². The topological polar surface area (TPSA) is 24.5 Å². The van der Waals surface area contributed by atoms with Gasteiger partial charge in [0.05, 0.1) is 0 Å². The van der Waals surface area contributed by atoms with Gasteiger partial charge in [-0.15, -0.1) is 13.2 Å². The van der Waals surface area contributed by atoms with Gasteiger partial charge in [0.2, 0.25) is 0 Å². The predicted octanol–water partition coefficient (Wildman–Crippen LogP) is 6.00. The normalized spacial score (nSPS) is 15.2. The van der Waals surface area contributed by atoms with Crippen LogP contribution in [0.3, 0.4) is 0 Å². The van der Waals surface area contributed by atoms with Crippen LogP contribution in [0.25, 0.3) is 11.1 Å². The zero-order valence-corrected chi connectivity index (χ0v) is 17.2. The number of rotatable bonds is 6. The van der Waals surface area contributed by atoms with E-state index in [0.29, 0.717) is 5.92 Å². The number of nitrogens with zero attached hydrogens (tertiary/aromatic N) is 1. The number of allylic oxidation sites excluding steroid dienone is 1. The van der Waals surface area contributed by atoms with E-state index >= 15 is 0 Å². The molecule has 29 heavy (non-hydrogen) atoms. The smallest absolute Gasteiger partial charge is 0.406 e. The zero-order chi connectivity index (χ0) is 21.2. The average Bonchev–Trinajstić information content (AvgIpc) is 2.60. The largest absolute Gasteiger partial charge is 0.573 e. The molecule has 0 amide bonds. The maximum atomic E-state index is 12.5. The third-order valence-electron chi connectivity index (χ3n) is 5.41. The van der Waals surface area contributed by atoms with Gasteiger partial charge in [-0.3, -0.25) is 0 Å². The molecule has 1 heterocycles. The number of nitrogens with one attached hydrogen (secondary N) is 1. The van der Waals surface area contributed by atoms with E-state index in [2.05, 4.69) is 54.1 Å². The van der Waals surface area contributed by atoms with Crippen LogP contribution in [0.15, 0.2) is 48.2 Å². The van der Waals surface area contributed by atoms with E-state index in [9.17, 15) is 13.2 Å². The lowest BCUT2D eigenvalue weighted by Crippen LogP contribution is -2.39. The number of hydrogen-bond acceptors (Lipinski definition) is 3. The third kappa shape index (κ3) is 5.12. The van der Waals surface area contributed by atoms with Gasteiger partial charge in [0.15, 0.2) is 0 Å². The molecule has 0 atom stereocenters. The Balaban J connectivity index is 2.02. The summed E-state index contributed by atoms with van der Waals surface area (Å²) in [5.74, 6) is 0.239. The van der Waals surface area contributed by atoms with Crippen molar-refractivity contribution in [2.75, 3.05) is 25.0 Å². The zero-order valence-electron chi connectivity index (χ0n) is 17.2. The molecule has 0 unspecified atom stereocenters. The van der Waals surface area contributed by atoms with Crippen LogP contribution in [0.5, 0.6) is 5.75 Å². The minimum absolute atomic E-state index is 0.211. The second kappa shape index (κ2) is 8.49. The molecule has 2 aromatic rings. The van der Waals surface area contributed by atoms with Crippen molar-refractivity contribution in [2.45, 2.75) is 39.5 Å². The molecule has 1 saturated heterocycles. The summed E-state index contributed by atoms with van der Waals surface area (Å²) in [6.07, 6.45) is -1.58. The van der Waals surface area contributed by atoms with Gasteiger partial charge in [-0.2, -0.15) is 0 Å². The first-order valence-electron chi connectivity index (χ1n) is 9.79. The van der Waals surface area contributed by atoms with E-state index in [1.807, 2.05) is 7.05 Å². The highest BCUT2D eigenvalue weighted by molar-refractivity contribution is 5.76. The minimum Gasteiger partial charge on any atom is -0.406 e. The van der Waals surface area contributed by atoms with E-state index in [0.717, 1.165) is 41.9 Å². The monoisotopic (exact) mass is 404 g/mol. The highest BCUT2D eigenvalue weighted by Crippen LogP contribution is 2.37. The number of ether oxygens (including phenoxy) is 1. The van der Waals surface area contributed by atoms with Crippen LogP contribution in [0.4, 0.5) is 18.9 Å². The summed E-state index contributed by atoms with van der Waals surface area (Å²) in [5, 5.41) is 3.30. The van der Waals surface area contributed by atoms with E-state index in [-0.39, 0.29) is 5.75 Å². The number of alkyl halides is 3. The molecule has 0 aliphatic carbocycles. The Morgan fingerprint density at radius 2 is 1.86 bits per heavy atom. The first-order chi connectivity index (χ1) is 13.7. The van der Waals surface area contributed by atoms with Gasteiger partial charge in [-0.25, -0.2) is 0 Å². The van der Waals surface area contributed by atoms with Crippen molar-refractivity contribution in [3.63, 3.8) is 0 Å². The third-order valence-corrected chi connectivity index (χ3v) is 5.41. The Morgan fingerprint density at radius 1 is 1.21 bits per heavy atom. The molecule has 0 bridgehead atoms. The highest BCUT2D eigenvalue weighted by Gasteiger charge is 2.31. The van der Waals surface area contributed by atoms with Crippen molar-refractivity contribution in [3.05, 3.63) is 59.3 Å². The van der Waals surface area contributed by atoms with Gasteiger partial charge in [0.25, 0.3) is 0 Å². The molecule has 0 radical (unpaired) electrons. The Morgan fingerprint density at radius 3 is 2.38 bits per heavy atom. The highest BCUT2D eigenvalue weighted by atomic mass is 19.4. The second-order valence-corrected chi connectivity index (χ2v) is 7.58. The van der Waals surface area contributed by atoms with Gasteiger partial charge < -0.3 is 15.0 Å². The average molecular weight is 404 g/mol. The van der Waals surface area contributed by atoms with Crippen molar-refractivity contribution in [1.29, 1.82) is 0 Å². The Kier molecular flexibility index (Phi) is 6.22. The summed E-state index contributed by atoms with van der Waals surface area (Å²) in [7, 11) is 2.04. The summed E-state index contributed by atoms with van der Waals surface area (Å²) in [5.41, 5.74) is 6.61. The maximum absolute atomic E-state index is 12.5. The standard InChI is InChI=1S/C23H27F3N2O/c1-5-15(2)14-28(4)22-11-18(19-12-27-13-19)10-21(16(22)3)17-6-8-20(9-7-17)29-23(24,25)26/h6-11,14,19,27H,5,12-13H2,1-4H3/b15-14+. The lowest BCUT2D eigenvalue weighted by molar-refractivity contribution is -0.274. The molecule has 3 nitrogen and oxygen atoms in total. The van der Waals surface area contributed by atoms with E-state index < -0.39 is 6.36 Å². The van der Waals surface area contributed by atoms with Crippen LogP contribution in [0, 0.1) is 6.92 Å². The SMILES string of the molecule is CC/C(C)=C/N(C)c1cc(C2CNC2)cc(-c2ccc(OC(F)(F)F)cc2)c1C. The Labute approximate surface area is 170 Å². The van der Waals surface area contributed by atoms with Crippen LogP contribution in [0.1, 0.15) is 37.3 Å². The minimum atomic E-state index is -4.69. The van der Waals surface area contributed by atoms with E-state index in [1.165, 1.54) is 23.3 Å². The number of anilines is 1. The van der Waals surface area contributed by atoms with Crippen molar-refractivity contribution >= 4 is 5.69 Å². The fourth-order valence-electron chi connectivity index (χ4n) is 3.47. The van der Waals surface area contributed by atoms with Gasteiger partial charge >= 0.3 is 6.36 Å². The van der Waals surface area contributed by atoms with Crippen molar-refractivity contribution in [3.8, 4) is 16.9 Å². The molecule has 0 aromatic heterocycles. The molecule has 1 aliphatic heterocycles. The second-order valence-electron chi connectivity index (χ2n) is 7.58. The number of hydrogen-bond donors (Lipinski definition) is 1. The van der Waals surface area contributed by atoms with Crippen molar-refractivity contribution in [2.24, 2.45) is 0 Å². The molecule has 0 saturated carbocycles. The van der Waals surface area contributed by atoms with E-state index in [4.69, 9.17) is 0 Å². The predicted molar refractivity (Wildman–Crippen MR) is 111 cm³/mol. The summed E-state index contributed by atoms with van der Waals surface area (Å²) < 4.78 is 41.4. The quantitative estimate of drug-likeness (QED) is 0.639. The van der Waals surface area contributed by atoms with Gasteiger partial charge in [0.1, 0.15) is 5.75 Å². The van der Waals surface area contributed by atoms with E-state index in [1.54, 1.807) is 12.1 Å². The molecule has 0 spiro atoms. The molecule has 1 N–H and O–H groups in total. The lowest BCUT2D eigenvalue weighted by atomic mass is 9.88. The van der Waals surface area contributed by atoms with Gasteiger partial charge in [-0.05, 0) is 60.7 Å². The molecule has 3 rings (SSSR count). The first-order valence-corrected chi connectivity index (χ1v) is 9.79. The molecular weight excluding hydrogens is 377 g/mol. The first kappa shape index (κ1) is 21.2. The van der Waals surface area contributed by atoms with Crippen LogP contribution in [-0.4, -0.2) is 26.5 Å². The molecule has 1 fully saturated rings. The summed E-state index contributed by atoms with van der Waals surface area (Å²) >= 11 is 0. The molecule has 1 aliphatic rings. The van der Waals surface area contributed by atoms with Crippen molar-refractivity contribution < 1.29 is 17.9 Å². The Bertz CT molecular complexity index is 884.